The zero-order valence-electron chi connectivity index (χ0n) is 15.2. The number of hydrogen-bond acceptors (Lipinski definition) is 4. The van der Waals surface area contributed by atoms with Gasteiger partial charge in [0.25, 0.3) is 0 Å². The van der Waals surface area contributed by atoms with Crippen LogP contribution in [0.5, 0.6) is 0 Å². The molecule has 0 heterocycles. The molecule has 0 aliphatic heterocycles. The van der Waals surface area contributed by atoms with E-state index in [9.17, 15) is 9.59 Å². The van der Waals surface area contributed by atoms with Crippen molar-refractivity contribution in [1.82, 2.24) is 0 Å². The van der Waals surface area contributed by atoms with Crippen molar-refractivity contribution in [3.8, 4) is 12.3 Å². The van der Waals surface area contributed by atoms with Crippen LogP contribution in [0.4, 0.5) is 0 Å². The minimum absolute atomic E-state index is 0.384. The molecule has 0 saturated heterocycles. The predicted octanol–water partition coefficient (Wildman–Crippen LogP) is 4.57. The molecule has 0 spiro atoms. The summed E-state index contributed by atoms with van der Waals surface area (Å²) in [5.41, 5.74) is 0. The molecule has 1 unspecified atom stereocenters. The van der Waals surface area contributed by atoms with Gasteiger partial charge in [-0.2, -0.15) is 0 Å². The van der Waals surface area contributed by atoms with Crippen molar-refractivity contribution in [1.29, 1.82) is 0 Å². The van der Waals surface area contributed by atoms with E-state index < -0.39 is 18.0 Å². The molecule has 4 heteroatoms. The van der Waals surface area contributed by atoms with Crippen molar-refractivity contribution in [2.45, 2.75) is 84.2 Å². The number of hydrogen-bond donors (Lipinski definition) is 0. The fourth-order valence-electron chi connectivity index (χ4n) is 2.19. The lowest BCUT2D eigenvalue weighted by Gasteiger charge is -2.04. The molecule has 0 N–H and O–H groups in total. The van der Waals surface area contributed by atoms with Crippen LogP contribution in [0, 0.1) is 12.3 Å². The summed E-state index contributed by atoms with van der Waals surface area (Å²) in [5.74, 6) is 1.09. The molecule has 4 nitrogen and oxygen atoms in total. The first kappa shape index (κ1) is 22.2. The first-order valence-electron chi connectivity index (χ1n) is 9.11. The Balaban J connectivity index is 3.46. The highest BCUT2D eigenvalue weighted by molar-refractivity contribution is 5.91. The average Bonchev–Trinajstić information content (AvgIpc) is 2.57. The lowest BCUT2D eigenvalue weighted by atomic mass is 10.1. The van der Waals surface area contributed by atoms with Gasteiger partial charge in [-0.1, -0.05) is 70.6 Å². The van der Waals surface area contributed by atoms with Gasteiger partial charge in [0.05, 0.1) is 6.61 Å². The van der Waals surface area contributed by atoms with E-state index in [-0.39, 0.29) is 0 Å². The van der Waals surface area contributed by atoms with Gasteiger partial charge < -0.3 is 9.47 Å². The maximum Gasteiger partial charge on any atom is 0.332 e. The van der Waals surface area contributed by atoms with Crippen molar-refractivity contribution in [3.05, 3.63) is 12.2 Å². The summed E-state index contributed by atoms with van der Waals surface area (Å²) in [7, 11) is 0. The van der Waals surface area contributed by atoms with Crippen LogP contribution >= 0.6 is 0 Å². The lowest BCUT2D eigenvalue weighted by molar-refractivity contribution is -0.141. The van der Waals surface area contributed by atoms with Crippen molar-refractivity contribution >= 4 is 11.9 Å². The molecular weight excluding hydrogens is 304 g/mol. The molecule has 0 amide bonds. The van der Waals surface area contributed by atoms with Gasteiger partial charge >= 0.3 is 11.9 Å². The van der Waals surface area contributed by atoms with Gasteiger partial charge in [-0.15, -0.1) is 6.42 Å². The average molecular weight is 336 g/mol. The monoisotopic (exact) mass is 336 g/mol. The van der Waals surface area contributed by atoms with Gasteiger partial charge in [0.2, 0.25) is 0 Å². The minimum atomic E-state index is -0.642. The van der Waals surface area contributed by atoms with Crippen LogP contribution in [-0.2, 0) is 19.1 Å². The number of terminal acetylenes is 1. The van der Waals surface area contributed by atoms with Crippen LogP contribution in [0.15, 0.2) is 12.2 Å². The Kier molecular flexibility index (Phi) is 14.9. The molecule has 0 aliphatic carbocycles. The van der Waals surface area contributed by atoms with Crippen molar-refractivity contribution in [2.75, 3.05) is 6.61 Å². The van der Waals surface area contributed by atoms with Gasteiger partial charge in [-0.3, -0.25) is 0 Å². The second kappa shape index (κ2) is 16.1. The Bertz CT molecular complexity index is 406. The summed E-state index contributed by atoms with van der Waals surface area (Å²) in [5, 5.41) is 0. The molecule has 24 heavy (non-hydrogen) atoms. The topological polar surface area (TPSA) is 52.6 Å². The molecule has 0 aromatic carbocycles. The van der Waals surface area contributed by atoms with E-state index in [1.807, 2.05) is 0 Å². The van der Waals surface area contributed by atoms with Crippen LogP contribution in [0.1, 0.15) is 78.1 Å². The summed E-state index contributed by atoms with van der Waals surface area (Å²) < 4.78 is 9.81. The van der Waals surface area contributed by atoms with E-state index >= 15 is 0 Å². The number of ether oxygens (including phenoxy) is 2. The Morgan fingerprint density at radius 3 is 1.96 bits per heavy atom. The lowest BCUT2D eigenvalue weighted by Crippen LogP contribution is -2.11. The van der Waals surface area contributed by atoms with Gasteiger partial charge in [0.15, 0.2) is 6.10 Å². The molecule has 0 bridgehead atoms. The van der Waals surface area contributed by atoms with Gasteiger partial charge in [-0.25, -0.2) is 9.59 Å². The smallest absolute Gasteiger partial charge is 0.332 e. The first-order valence-corrected chi connectivity index (χ1v) is 9.11. The van der Waals surface area contributed by atoms with Crippen LogP contribution in [0.25, 0.3) is 0 Å². The SMILES string of the molecule is C#CC(C)OC(=O)/C=C/C(=O)OCCCCCCCCCCCC. The number of carbonyl (C=O) groups is 2. The molecule has 1 atom stereocenters. The van der Waals surface area contributed by atoms with Crippen molar-refractivity contribution in [2.24, 2.45) is 0 Å². The number of esters is 2. The van der Waals surface area contributed by atoms with E-state index in [4.69, 9.17) is 15.9 Å². The molecule has 0 aromatic heterocycles. The Hall–Kier alpha value is -1.76. The first-order chi connectivity index (χ1) is 11.6. The fraction of sp³-hybridized carbons (Fsp3) is 0.700. The van der Waals surface area contributed by atoms with E-state index in [0.29, 0.717) is 6.61 Å². The molecule has 0 aromatic rings. The molecular formula is C20H32O4. The largest absolute Gasteiger partial charge is 0.463 e. The number of rotatable bonds is 14. The third-order valence-corrected chi connectivity index (χ3v) is 3.63. The van der Waals surface area contributed by atoms with Crippen molar-refractivity contribution in [3.63, 3.8) is 0 Å². The summed E-state index contributed by atoms with van der Waals surface area (Å²) in [6, 6.07) is 0. The van der Waals surface area contributed by atoms with Gasteiger partial charge in [-0.05, 0) is 13.3 Å². The highest BCUT2D eigenvalue weighted by Gasteiger charge is 2.04. The Morgan fingerprint density at radius 2 is 1.42 bits per heavy atom. The summed E-state index contributed by atoms with van der Waals surface area (Å²) in [6.07, 6.45) is 18.9. The van der Waals surface area contributed by atoms with Crippen molar-refractivity contribution < 1.29 is 19.1 Å². The predicted molar refractivity (Wildman–Crippen MR) is 96.3 cm³/mol. The van der Waals surface area contributed by atoms with Crippen LogP contribution in [0.3, 0.4) is 0 Å². The number of unbranched alkanes of at least 4 members (excludes halogenated alkanes) is 9. The normalized spacial score (nSPS) is 11.9. The van der Waals surface area contributed by atoms with Crippen LogP contribution < -0.4 is 0 Å². The molecule has 136 valence electrons. The van der Waals surface area contributed by atoms with E-state index in [1.54, 1.807) is 6.92 Å². The second-order valence-corrected chi connectivity index (χ2v) is 5.93. The third-order valence-electron chi connectivity index (χ3n) is 3.63. The summed E-state index contributed by atoms with van der Waals surface area (Å²) in [4.78, 5) is 22.7. The molecule has 0 radical (unpaired) electrons. The van der Waals surface area contributed by atoms with E-state index in [2.05, 4.69) is 12.8 Å². The maximum atomic E-state index is 11.4. The van der Waals surface area contributed by atoms with E-state index in [0.717, 1.165) is 25.0 Å². The molecule has 0 rings (SSSR count). The summed E-state index contributed by atoms with van der Waals surface area (Å²) in [6.45, 7) is 4.19. The fourth-order valence-corrected chi connectivity index (χ4v) is 2.19. The number of carbonyl (C=O) groups excluding carboxylic acids is 2. The zero-order valence-corrected chi connectivity index (χ0v) is 15.2. The maximum absolute atomic E-state index is 11.4. The second-order valence-electron chi connectivity index (χ2n) is 5.93. The van der Waals surface area contributed by atoms with Gasteiger partial charge in [0.1, 0.15) is 0 Å². The third kappa shape index (κ3) is 15.1. The molecule has 0 aliphatic rings. The highest BCUT2D eigenvalue weighted by Crippen LogP contribution is 2.10. The molecule has 0 saturated carbocycles. The molecule has 0 fully saturated rings. The standard InChI is InChI=1S/C20H32O4/c1-4-6-7-8-9-10-11-12-13-14-17-23-19(21)15-16-20(22)24-18(3)5-2/h2,15-16,18H,4,6-14,17H2,1,3H3/b16-15+. The van der Waals surface area contributed by atoms with Crippen LogP contribution in [-0.4, -0.2) is 24.6 Å². The quantitative estimate of drug-likeness (QED) is 0.202. The summed E-state index contributed by atoms with van der Waals surface area (Å²) >= 11 is 0. The minimum Gasteiger partial charge on any atom is -0.463 e. The highest BCUT2D eigenvalue weighted by atomic mass is 16.5. The Labute approximate surface area is 147 Å². The van der Waals surface area contributed by atoms with E-state index in [1.165, 1.54) is 51.4 Å². The van der Waals surface area contributed by atoms with Gasteiger partial charge in [0, 0.05) is 12.2 Å². The van der Waals surface area contributed by atoms with Crippen LogP contribution in [0.2, 0.25) is 0 Å². The zero-order chi connectivity index (χ0) is 18.0. The Morgan fingerprint density at radius 1 is 0.917 bits per heavy atom.